The number of nitrogens with zero attached hydrogens (tertiary/aromatic N) is 3. The van der Waals surface area contributed by atoms with Gasteiger partial charge < -0.3 is 16.0 Å². The Bertz CT molecular complexity index is 847. The minimum atomic E-state index is -0.0847. The molecule has 1 aliphatic heterocycles. The lowest BCUT2D eigenvalue weighted by atomic mass is 10.0. The van der Waals surface area contributed by atoms with Crippen molar-refractivity contribution < 1.29 is 4.79 Å². The first-order valence-corrected chi connectivity index (χ1v) is 10.2. The Balaban J connectivity index is 1.77. The van der Waals surface area contributed by atoms with Crippen molar-refractivity contribution in [3.8, 4) is 11.3 Å². The summed E-state index contributed by atoms with van der Waals surface area (Å²) in [6, 6.07) is 8.45. The smallest absolute Gasteiger partial charge is 0.231 e. The summed E-state index contributed by atoms with van der Waals surface area (Å²) < 4.78 is 0. The fourth-order valence-electron chi connectivity index (χ4n) is 3.99. The number of benzene rings is 1. The number of hydrogen-bond donors (Lipinski definition) is 3. The highest BCUT2D eigenvalue weighted by Crippen LogP contribution is 2.36. The second kappa shape index (κ2) is 8.67. The van der Waals surface area contributed by atoms with Gasteiger partial charge in [0.05, 0.1) is 5.69 Å². The molecule has 1 aromatic carbocycles. The number of carbonyl (C=O) groups excluding carboxylic acids is 1. The van der Waals surface area contributed by atoms with Crippen molar-refractivity contribution in [1.82, 2.24) is 15.3 Å². The first-order valence-electron chi connectivity index (χ1n) is 10.2. The predicted molar refractivity (Wildman–Crippen MR) is 111 cm³/mol. The third kappa shape index (κ3) is 4.00. The number of piperazine rings is 1. The molecule has 7 heteroatoms. The number of amides is 1. The summed E-state index contributed by atoms with van der Waals surface area (Å²) in [5.41, 5.74) is 10.2. The molecule has 4 N–H and O–H groups in total. The number of rotatable bonds is 5. The van der Waals surface area contributed by atoms with E-state index in [4.69, 9.17) is 15.7 Å². The van der Waals surface area contributed by atoms with Gasteiger partial charge in [-0.15, -0.1) is 0 Å². The Morgan fingerprint density at radius 1 is 1.18 bits per heavy atom. The molecule has 1 amide bonds. The maximum Gasteiger partial charge on any atom is 0.231 e. The van der Waals surface area contributed by atoms with Crippen LogP contribution in [-0.4, -0.2) is 48.6 Å². The van der Waals surface area contributed by atoms with Crippen LogP contribution in [0.1, 0.15) is 30.4 Å². The Hall–Kier alpha value is -2.51. The monoisotopic (exact) mass is 380 g/mol. The number of anilines is 2. The van der Waals surface area contributed by atoms with Crippen molar-refractivity contribution in [3.05, 3.63) is 35.4 Å². The Kier molecular flexibility index (Phi) is 5.83. The van der Waals surface area contributed by atoms with Crippen LogP contribution in [0.3, 0.4) is 0 Å². The lowest BCUT2D eigenvalue weighted by Crippen LogP contribution is -2.44. The highest BCUT2D eigenvalue weighted by Gasteiger charge is 2.25. The molecule has 7 nitrogen and oxygen atoms in total. The molecular formula is C21H28N6O. The first-order chi connectivity index (χ1) is 13.8. The largest absolute Gasteiger partial charge is 0.354 e. The first kappa shape index (κ1) is 18.8. The molecule has 1 saturated heterocycles. The molecule has 0 saturated carbocycles. The lowest BCUT2D eigenvalue weighted by molar-refractivity contribution is -0.116. The van der Waals surface area contributed by atoms with E-state index in [1.54, 1.807) is 0 Å². The minimum Gasteiger partial charge on any atom is -0.354 e. The second-order valence-electron chi connectivity index (χ2n) is 7.39. The average molecular weight is 380 g/mol. The van der Waals surface area contributed by atoms with Gasteiger partial charge in [0.2, 0.25) is 11.9 Å². The number of nitrogens with two attached hydrogens (primary N) is 1. The van der Waals surface area contributed by atoms with Gasteiger partial charge in [-0.2, -0.15) is 4.98 Å². The molecule has 1 aliphatic carbocycles. The van der Waals surface area contributed by atoms with Crippen LogP contribution < -0.4 is 21.3 Å². The number of carbonyl (C=O) groups is 1. The molecule has 0 unspecified atom stereocenters. The van der Waals surface area contributed by atoms with Gasteiger partial charge in [0, 0.05) is 43.7 Å². The van der Waals surface area contributed by atoms with E-state index in [2.05, 4.69) is 39.8 Å². The van der Waals surface area contributed by atoms with Gasteiger partial charge in [0.15, 0.2) is 0 Å². The molecule has 2 heterocycles. The zero-order valence-electron chi connectivity index (χ0n) is 16.2. The summed E-state index contributed by atoms with van der Waals surface area (Å²) in [5.74, 6) is 1.28. The number of aryl methyl sites for hydroxylation is 1. The molecule has 0 bridgehead atoms. The zero-order chi connectivity index (χ0) is 19.3. The highest BCUT2D eigenvalue weighted by molar-refractivity contribution is 5.89. The average Bonchev–Trinajstić information content (AvgIpc) is 2.92. The number of hydrogen-bond acceptors (Lipinski definition) is 6. The van der Waals surface area contributed by atoms with Crippen molar-refractivity contribution in [1.29, 1.82) is 0 Å². The predicted octanol–water partition coefficient (Wildman–Crippen LogP) is 1.72. The number of fused-ring (bicyclic) bond motifs is 3. The molecule has 0 atom stereocenters. The van der Waals surface area contributed by atoms with E-state index in [9.17, 15) is 4.79 Å². The molecule has 0 spiro atoms. The van der Waals surface area contributed by atoms with E-state index < -0.39 is 0 Å². The topological polar surface area (TPSA) is 96.2 Å². The van der Waals surface area contributed by atoms with Crippen molar-refractivity contribution in [2.45, 2.75) is 32.1 Å². The fraction of sp³-hybridized carbons (Fsp3) is 0.476. The molecule has 4 rings (SSSR count). The minimum absolute atomic E-state index is 0.0847. The van der Waals surface area contributed by atoms with Gasteiger partial charge in [0.25, 0.3) is 0 Å². The summed E-state index contributed by atoms with van der Waals surface area (Å²) >= 11 is 0. The SMILES string of the molecule is NCCCC(=O)Nc1nc2c(c(N3CCNCC3)n1)CCCc1ccccc1-2. The maximum atomic E-state index is 12.3. The summed E-state index contributed by atoms with van der Waals surface area (Å²) in [6.45, 7) is 4.19. The van der Waals surface area contributed by atoms with Crippen molar-refractivity contribution in [2.24, 2.45) is 5.73 Å². The Labute approximate surface area is 165 Å². The normalized spacial score (nSPS) is 16.1. The van der Waals surface area contributed by atoms with Crippen LogP contribution >= 0.6 is 0 Å². The molecule has 0 radical (unpaired) electrons. The fourth-order valence-corrected chi connectivity index (χ4v) is 3.99. The van der Waals surface area contributed by atoms with Crippen molar-refractivity contribution in [3.63, 3.8) is 0 Å². The number of aromatic nitrogens is 2. The molecule has 2 aromatic rings. The Morgan fingerprint density at radius 2 is 2.00 bits per heavy atom. The van der Waals surface area contributed by atoms with Crippen molar-refractivity contribution in [2.75, 3.05) is 42.9 Å². The highest BCUT2D eigenvalue weighted by atomic mass is 16.1. The van der Waals surface area contributed by atoms with Gasteiger partial charge in [-0.3, -0.25) is 10.1 Å². The van der Waals surface area contributed by atoms with Crippen molar-refractivity contribution >= 4 is 17.7 Å². The van der Waals surface area contributed by atoms with Crippen LogP contribution in [0.2, 0.25) is 0 Å². The second-order valence-corrected chi connectivity index (χ2v) is 7.39. The van der Waals surface area contributed by atoms with E-state index in [-0.39, 0.29) is 5.91 Å². The zero-order valence-corrected chi connectivity index (χ0v) is 16.2. The van der Waals surface area contributed by atoms with E-state index in [0.29, 0.717) is 25.3 Å². The van der Waals surface area contributed by atoms with Crippen LogP contribution in [0.4, 0.5) is 11.8 Å². The quantitative estimate of drug-likeness (QED) is 0.731. The summed E-state index contributed by atoms with van der Waals surface area (Å²) in [6.07, 6.45) is 4.10. The van der Waals surface area contributed by atoms with Crippen LogP contribution in [0, 0.1) is 0 Å². The van der Waals surface area contributed by atoms with E-state index in [0.717, 1.165) is 62.5 Å². The third-order valence-electron chi connectivity index (χ3n) is 5.41. The van der Waals surface area contributed by atoms with Crippen LogP contribution in [0.25, 0.3) is 11.3 Å². The maximum absolute atomic E-state index is 12.3. The van der Waals surface area contributed by atoms with E-state index in [1.165, 1.54) is 11.1 Å². The Morgan fingerprint density at radius 3 is 2.82 bits per heavy atom. The summed E-state index contributed by atoms with van der Waals surface area (Å²) in [7, 11) is 0. The standard InChI is InChI=1S/C21H28N6O/c22-10-4-9-18(28)24-21-25-19-16-7-2-1-5-15(16)6-3-8-17(19)20(26-21)27-13-11-23-12-14-27/h1-2,5,7,23H,3-4,6,8-14,22H2,(H,24,25,26,28). The van der Waals surface area contributed by atoms with Crippen LogP contribution in [-0.2, 0) is 17.6 Å². The lowest BCUT2D eigenvalue weighted by Gasteiger charge is -2.31. The molecule has 2 aliphatic rings. The molecule has 28 heavy (non-hydrogen) atoms. The van der Waals surface area contributed by atoms with Crippen LogP contribution in [0.5, 0.6) is 0 Å². The van der Waals surface area contributed by atoms with Gasteiger partial charge in [0.1, 0.15) is 5.82 Å². The van der Waals surface area contributed by atoms with Crippen LogP contribution in [0.15, 0.2) is 24.3 Å². The van der Waals surface area contributed by atoms with E-state index in [1.807, 2.05) is 0 Å². The van der Waals surface area contributed by atoms with Gasteiger partial charge >= 0.3 is 0 Å². The third-order valence-corrected chi connectivity index (χ3v) is 5.41. The van der Waals surface area contributed by atoms with E-state index >= 15 is 0 Å². The van der Waals surface area contributed by atoms with Gasteiger partial charge in [-0.05, 0) is 37.8 Å². The summed E-state index contributed by atoms with van der Waals surface area (Å²) in [5, 5.41) is 6.29. The number of nitrogens with one attached hydrogen (secondary N) is 2. The molecule has 1 aromatic heterocycles. The van der Waals surface area contributed by atoms with Gasteiger partial charge in [-0.25, -0.2) is 4.98 Å². The molecular weight excluding hydrogens is 352 g/mol. The molecule has 1 fully saturated rings. The van der Waals surface area contributed by atoms with Gasteiger partial charge in [-0.1, -0.05) is 24.3 Å². The molecule has 148 valence electrons. The summed E-state index contributed by atoms with van der Waals surface area (Å²) in [4.78, 5) is 24.2.